The minimum Gasteiger partial charge on any atom is -0.307 e. The van der Waals surface area contributed by atoms with E-state index in [-0.39, 0.29) is 6.54 Å². The third-order valence-corrected chi connectivity index (χ3v) is 2.26. The normalized spacial score (nSPS) is 10.5. The first-order valence-electron chi connectivity index (χ1n) is 5.17. The van der Waals surface area contributed by atoms with Crippen LogP contribution in [0.25, 0.3) is 0 Å². The van der Waals surface area contributed by atoms with E-state index < -0.39 is 11.6 Å². The summed E-state index contributed by atoms with van der Waals surface area (Å²) >= 11 is 0. The van der Waals surface area contributed by atoms with E-state index in [0.29, 0.717) is 12.1 Å². The second kappa shape index (κ2) is 5.45. The predicted molar refractivity (Wildman–Crippen MR) is 58.9 cm³/mol. The third kappa shape index (κ3) is 3.29. The van der Waals surface area contributed by atoms with E-state index in [1.807, 2.05) is 6.07 Å². The van der Waals surface area contributed by atoms with Crippen LogP contribution < -0.4 is 5.32 Å². The predicted octanol–water partition coefficient (Wildman–Crippen LogP) is 2.04. The molecule has 88 valence electrons. The highest BCUT2D eigenvalue weighted by Gasteiger charge is 2.03. The molecule has 0 bridgehead atoms. The van der Waals surface area contributed by atoms with Crippen molar-refractivity contribution in [3.63, 3.8) is 0 Å². The number of halogens is 2. The van der Waals surface area contributed by atoms with Gasteiger partial charge < -0.3 is 5.32 Å². The monoisotopic (exact) mass is 235 g/mol. The van der Waals surface area contributed by atoms with Gasteiger partial charge in [-0.3, -0.25) is 0 Å². The summed E-state index contributed by atoms with van der Waals surface area (Å²) in [7, 11) is 0. The SMILES string of the molecule is Fc1ccc(F)c(CNCc2cccnn2)c1. The second-order valence-corrected chi connectivity index (χ2v) is 3.55. The Kier molecular flexibility index (Phi) is 3.72. The number of rotatable bonds is 4. The lowest BCUT2D eigenvalue weighted by Crippen LogP contribution is -2.15. The summed E-state index contributed by atoms with van der Waals surface area (Å²) in [5.41, 5.74) is 1.05. The first-order valence-corrected chi connectivity index (χ1v) is 5.17. The molecule has 0 atom stereocenters. The van der Waals surface area contributed by atoms with Gasteiger partial charge in [0.05, 0.1) is 5.69 Å². The van der Waals surface area contributed by atoms with Gasteiger partial charge in [-0.15, -0.1) is 0 Å². The smallest absolute Gasteiger partial charge is 0.127 e. The minimum absolute atomic E-state index is 0.250. The van der Waals surface area contributed by atoms with Crippen molar-refractivity contribution in [3.05, 3.63) is 59.4 Å². The largest absolute Gasteiger partial charge is 0.307 e. The molecule has 0 spiro atoms. The van der Waals surface area contributed by atoms with Crippen molar-refractivity contribution >= 4 is 0 Å². The Hall–Kier alpha value is -1.88. The average molecular weight is 235 g/mol. The maximum absolute atomic E-state index is 13.3. The Morgan fingerprint density at radius 3 is 2.76 bits per heavy atom. The lowest BCUT2D eigenvalue weighted by atomic mass is 10.2. The van der Waals surface area contributed by atoms with Crippen molar-refractivity contribution in [2.45, 2.75) is 13.1 Å². The summed E-state index contributed by atoms with van der Waals surface area (Å²) in [6.45, 7) is 0.712. The quantitative estimate of drug-likeness (QED) is 0.881. The van der Waals surface area contributed by atoms with Gasteiger partial charge >= 0.3 is 0 Å². The molecule has 0 fully saturated rings. The fourth-order valence-electron chi connectivity index (χ4n) is 1.43. The molecule has 5 heteroatoms. The molecule has 1 aromatic carbocycles. The van der Waals surface area contributed by atoms with Crippen LogP contribution >= 0.6 is 0 Å². The summed E-state index contributed by atoms with van der Waals surface area (Å²) in [6.07, 6.45) is 1.58. The van der Waals surface area contributed by atoms with E-state index in [1.165, 1.54) is 6.07 Å². The molecule has 0 amide bonds. The van der Waals surface area contributed by atoms with Gasteiger partial charge in [-0.2, -0.15) is 10.2 Å². The molecule has 1 heterocycles. The van der Waals surface area contributed by atoms with Crippen molar-refractivity contribution in [3.8, 4) is 0 Å². The third-order valence-electron chi connectivity index (χ3n) is 2.26. The minimum atomic E-state index is -0.442. The van der Waals surface area contributed by atoms with E-state index in [1.54, 1.807) is 12.3 Å². The molecular formula is C12H11F2N3. The van der Waals surface area contributed by atoms with Gasteiger partial charge in [0.15, 0.2) is 0 Å². The zero-order valence-corrected chi connectivity index (χ0v) is 9.03. The van der Waals surface area contributed by atoms with Crippen molar-refractivity contribution in [1.29, 1.82) is 0 Å². The molecule has 0 aliphatic rings. The Morgan fingerprint density at radius 2 is 2.00 bits per heavy atom. The van der Waals surface area contributed by atoms with Gasteiger partial charge in [-0.1, -0.05) is 0 Å². The highest BCUT2D eigenvalue weighted by Crippen LogP contribution is 2.09. The highest BCUT2D eigenvalue weighted by molar-refractivity contribution is 5.18. The maximum Gasteiger partial charge on any atom is 0.127 e. The van der Waals surface area contributed by atoms with Crippen molar-refractivity contribution in [2.24, 2.45) is 0 Å². The molecule has 0 unspecified atom stereocenters. The van der Waals surface area contributed by atoms with Crippen molar-refractivity contribution in [2.75, 3.05) is 0 Å². The molecule has 0 saturated carbocycles. The molecule has 17 heavy (non-hydrogen) atoms. The van der Waals surface area contributed by atoms with Crippen molar-refractivity contribution < 1.29 is 8.78 Å². The molecular weight excluding hydrogens is 224 g/mol. The van der Waals surface area contributed by atoms with Crippen molar-refractivity contribution in [1.82, 2.24) is 15.5 Å². The van der Waals surface area contributed by atoms with E-state index in [4.69, 9.17) is 0 Å². The van der Waals surface area contributed by atoms with Crippen LogP contribution in [-0.2, 0) is 13.1 Å². The van der Waals surface area contributed by atoms with Crippen LogP contribution in [0, 0.1) is 11.6 Å². The Balaban J connectivity index is 1.92. The fraction of sp³-hybridized carbons (Fsp3) is 0.167. The van der Waals surface area contributed by atoms with E-state index in [0.717, 1.165) is 17.8 Å². The lowest BCUT2D eigenvalue weighted by Gasteiger charge is -2.05. The molecule has 2 rings (SSSR count). The van der Waals surface area contributed by atoms with E-state index in [9.17, 15) is 8.78 Å². The molecule has 1 aromatic heterocycles. The zero-order valence-electron chi connectivity index (χ0n) is 9.03. The van der Waals surface area contributed by atoms with Crippen LogP contribution in [0.5, 0.6) is 0 Å². The number of aromatic nitrogens is 2. The molecule has 0 aliphatic heterocycles. The molecule has 2 aromatic rings. The molecule has 0 aliphatic carbocycles. The number of hydrogen-bond donors (Lipinski definition) is 1. The number of hydrogen-bond acceptors (Lipinski definition) is 3. The van der Waals surface area contributed by atoms with Gasteiger partial charge in [-0.05, 0) is 30.3 Å². The molecule has 0 radical (unpaired) electrons. The zero-order chi connectivity index (χ0) is 12.1. The summed E-state index contributed by atoms with van der Waals surface area (Å²) in [5.74, 6) is -0.860. The van der Waals surface area contributed by atoms with Crippen LogP contribution in [0.2, 0.25) is 0 Å². The number of nitrogens with one attached hydrogen (secondary N) is 1. The number of benzene rings is 1. The van der Waals surface area contributed by atoms with Crippen LogP contribution in [0.4, 0.5) is 8.78 Å². The first kappa shape index (κ1) is 11.6. The van der Waals surface area contributed by atoms with Gasteiger partial charge in [0, 0.05) is 24.8 Å². The lowest BCUT2D eigenvalue weighted by molar-refractivity contribution is 0.566. The fourth-order valence-corrected chi connectivity index (χ4v) is 1.43. The Labute approximate surface area is 97.5 Å². The highest BCUT2D eigenvalue weighted by atomic mass is 19.1. The van der Waals surface area contributed by atoms with E-state index in [2.05, 4.69) is 15.5 Å². The standard InChI is InChI=1S/C12H11F2N3/c13-10-3-4-12(14)9(6-10)7-15-8-11-2-1-5-16-17-11/h1-6,15H,7-8H2. The maximum atomic E-state index is 13.3. The summed E-state index contributed by atoms with van der Waals surface area (Å²) in [4.78, 5) is 0. The summed E-state index contributed by atoms with van der Waals surface area (Å²) < 4.78 is 26.1. The molecule has 3 nitrogen and oxygen atoms in total. The van der Waals surface area contributed by atoms with Crippen LogP contribution in [-0.4, -0.2) is 10.2 Å². The van der Waals surface area contributed by atoms with Crippen LogP contribution in [0.1, 0.15) is 11.3 Å². The average Bonchev–Trinajstić information content (AvgIpc) is 2.35. The van der Waals surface area contributed by atoms with Gasteiger partial charge in [0.25, 0.3) is 0 Å². The van der Waals surface area contributed by atoms with Gasteiger partial charge in [0.2, 0.25) is 0 Å². The summed E-state index contributed by atoms with van der Waals surface area (Å²) in [5, 5.41) is 10.6. The topological polar surface area (TPSA) is 37.8 Å². The van der Waals surface area contributed by atoms with Gasteiger partial charge in [-0.25, -0.2) is 8.78 Å². The Morgan fingerprint density at radius 1 is 1.12 bits per heavy atom. The molecule has 1 N–H and O–H groups in total. The summed E-state index contributed by atoms with van der Waals surface area (Å²) in [6, 6.07) is 6.98. The first-order chi connectivity index (χ1) is 8.25. The Bertz CT molecular complexity index is 488. The van der Waals surface area contributed by atoms with Crippen LogP contribution in [0.3, 0.4) is 0 Å². The van der Waals surface area contributed by atoms with Gasteiger partial charge in [0.1, 0.15) is 11.6 Å². The van der Waals surface area contributed by atoms with Crippen LogP contribution in [0.15, 0.2) is 36.5 Å². The number of nitrogens with zero attached hydrogens (tertiary/aromatic N) is 2. The molecule has 0 saturated heterocycles. The second-order valence-electron chi connectivity index (χ2n) is 3.55. The van der Waals surface area contributed by atoms with E-state index >= 15 is 0 Å².